The zero-order chi connectivity index (χ0) is 15.6. The van der Waals surface area contributed by atoms with Gasteiger partial charge in [0.2, 0.25) is 0 Å². The highest BCUT2D eigenvalue weighted by Gasteiger charge is 2.23. The van der Waals surface area contributed by atoms with Crippen LogP contribution in [0.25, 0.3) is 0 Å². The smallest absolute Gasteiger partial charge is 0.268 e. The molecule has 0 unspecified atom stereocenters. The highest BCUT2D eigenvalue weighted by molar-refractivity contribution is 7.90. The molecule has 1 aromatic carbocycles. The van der Waals surface area contributed by atoms with Crippen LogP contribution in [0.5, 0.6) is 0 Å². The molecule has 2 rings (SSSR count). The van der Waals surface area contributed by atoms with Crippen LogP contribution in [0.2, 0.25) is 0 Å². The third kappa shape index (κ3) is 2.73. The Bertz CT molecular complexity index is 817. The molecule has 1 N–H and O–H groups in total. The molecule has 21 heavy (non-hydrogen) atoms. The Balaban J connectivity index is 2.67. The zero-order valence-electron chi connectivity index (χ0n) is 12.2. The number of aliphatic hydroxyl groups is 1. The Morgan fingerprint density at radius 2 is 1.76 bits per heavy atom. The van der Waals surface area contributed by atoms with E-state index in [-0.39, 0.29) is 11.5 Å². The predicted molar refractivity (Wildman–Crippen MR) is 81.4 cm³/mol. The average molecular weight is 303 g/mol. The Hall–Kier alpha value is -2.03. The molecule has 1 heterocycles. The van der Waals surface area contributed by atoms with Crippen molar-refractivity contribution in [2.75, 3.05) is 0 Å². The van der Waals surface area contributed by atoms with E-state index < -0.39 is 10.0 Å². The van der Waals surface area contributed by atoms with Gasteiger partial charge in [0.1, 0.15) is 0 Å². The van der Waals surface area contributed by atoms with Gasteiger partial charge in [-0.1, -0.05) is 5.92 Å². The number of aryl methyl sites for hydroxylation is 2. The standard InChI is InChI=1S/C16H17NO3S/c1-4-5-14-8-9-16(15(10-14)11-18)21(19,20)17-12(2)6-7-13(17)3/h6-10,18H,11H2,1-3H3. The molecule has 0 saturated carbocycles. The summed E-state index contributed by atoms with van der Waals surface area (Å²) in [7, 11) is -3.72. The van der Waals surface area contributed by atoms with Crippen LogP contribution >= 0.6 is 0 Å². The number of aliphatic hydroxyl groups excluding tert-OH is 1. The summed E-state index contributed by atoms with van der Waals surface area (Å²) < 4.78 is 26.9. The van der Waals surface area contributed by atoms with Gasteiger partial charge in [0.15, 0.2) is 0 Å². The number of benzene rings is 1. The van der Waals surface area contributed by atoms with E-state index in [0.717, 1.165) is 0 Å². The van der Waals surface area contributed by atoms with Crippen molar-refractivity contribution >= 4 is 10.0 Å². The zero-order valence-corrected chi connectivity index (χ0v) is 13.0. The van der Waals surface area contributed by atoms with E-state index in [9.17, 15) is 13.5 Å². The van der Waals surface area contributed by atoms with Crippen LogP contribution in [-0.2, 0) is 16.6 Å². The SMILES string of the molecule is CC#Cc1ccc(S(=O)(=O)n2c(C)ccc2C)c(CO)c1. The van der Waals surface area contributed by atoms with Gasteiger partial charge in [-0.15, -0.1) is 5.92 Å². The fourth-order valence-corrected chi connectivity index (χ4v) is 4.08. The lowest BCUT2D eigenvalue weighted by Crippen LogP contribution is -2.17. The van der Waals surface area contributed by atoms with Crippen LogP contribution in [0.4, 0.5) is 0 Å². The van der Waals surface area contributed by atoms with Gasteiger partial charge in [-0.05, 0) is 56.7 Å². The maximum Gasteiger partial charge on any atom is 0.268 e. The second-order valence-corrected chi connectivity index (χ2v) is 6.50. The second kappa shape index (κ2) is 5.76. The summed E-state index contributed by atoms with van der Waals surface area (Å²) >= 11 is 0. The first-order chi connectivity index (χ1) is 9.91. The van der Waals surface area contributed by atoms with Gasteiger partial charge in [-0.2, -0.15) is 0 Å². The minimum atomic E-state index is -3.72. The fraction of sp³-hybridized carbons (Fsp3) is 0.250. The minimum absolute atomic E-state index is 0.106. The monoisotopic (exact) mass is 303 g/mol. The van der Waals surface area contributed by atoms with Crippen molar-refractivity contribution in [2.45, 2.75) is 32.3 Å². The summed E-state index contributed by atoms with van der Waals surface area (Å²) in [5, 5.41) is 9.49. The first-order valence-corrected chi connectivity index (χ1v) is 7.93. The average Bonchev–Trinajstić information content (AvgIpc) is 2.78. The van der Waals surface area contributed by atoms with Crippen molar-refractivity contribution in [1.82, 2.24) is 3.97 Å². The first kappa shape index (κ1) is 15.4. The minimum Gasteiger partial charge on any atom is -0.392 e. The van der Waals surface area contributed by atoms with E-state index in [2.05, 4.69) is 11.8 Å². The topological polar surface area (TPSA) is 59.3 Å². The molecule has 5 heteroatoms. The molecule has 0 aliphatic rings. The van der Waals surface area contributed by atoms with Gasteiger partial charge in [-0.3, -0.25) is 0 Å². The highest BCUT2D eigenvalue weighted by atomic mass is 32.2. The first-order valence-electron chi connectivity index (χ1n) is 6.49. The molecule has 0 fully saturated rings. The fourth-order valence-electron chi connectivity index (χ4n) is 2.31. The summed E-state index contributed by atoms with van der Waals surface area (Å²) in [6.07, 6.45) is 0. The van der Waals surface area contributed by atoms with Gasteiger partial charge < -0.3 is 5.11 Å². The van der Waals surface area contributed by atoms with Crippen LogP contribution in [0.15, 0.2) is 35.2 Å². The Kier molecular flexibility index (Phi) is 4.21. The number of rotatable bonds is 3. The van der Waals surface area contributed by atoms with Crippen LogP contribution < -0.4 is 0 Å². The lowest BCUT2D eigenvalue weighted by molar-refractivity contribution is 0.278. The number of hydrogen-bond donors (Lipinski definition) is 1. The highest BCUT2D eigenvalue weighted by Crippen LogP contribution is 2.23. The summed E-state index contributed by atoms with van der Waals surface area (Å²) in [4.78, 5) is 0.106. The molecule has 0 aliphatic carbocycles. The number of nitrogens with zero attached hydrogens (tertiary/aromatic N) is 1. The molecule has 0 atom stereocenters. The van der Waals surface area contributed by atoms with Crippen LogP contribution in [-0.4, -0.2) is 17.5 Å². The summed E-state index contributed by atoms with van der Waals surface area (Å²) in [6.45, 7) is 4.82. The third-order valence-electron chi connectivity index (χ3n) is 3.22. The molecule has 2 aromatic rings. The molecule has 0 saturated heterocycles. The number of hydrogen-bond acceptors (Lipinski definition) is 3. The Morgan fingerprint density at radius 3 is 2.29 bits per heavy atom. The molecular weight excluding hydrogens is 286 g/mol. The van der Waals surface area contributed by atoms with Gasteiger partial charge in [-0.25, -0.2) is 12.4 Å². The molecule has 4 nitrogen and oxygen atoms in total. The third-order valence-corrected chi connectivity index (χ3v) is 5.24. The van der Waals surface area contributed by atoms with Crippen molar-refractivity contribution in [2.24, 2.45) is 0 Å². The van der Waals surface area contributed by atoms with Gasteiger partial charge in [0.25, 0.3) is 10.0 Å². The van der Waals surface area contributed by atoms with Crippen molar-refractivity contribution in [3.05, 3.63) is 52.8 Å². The van der Waals surface area contributed by atoms with Crippen LogP contribution in [0.1, 0.15) is 29.4 Å². The number of aromatic nitrogens is 1. The molecule has 0 spiro atoms. The van der Waals surface area contributed by atoms with Gasteiger partial charge >= 0.3 is 0 Å². The molecule has 110 valence electrons. The quantitative estimate of drug-likeness (QED) is 0.884. The van der Waals surface area contributed by atoms with Gasteiger partial charge in [0, 0.05) is 17.0 Å². The van der Waals surface area contributed by atoms with Crippen molar-refractivity contribution in [3.8, 4) is 11.8 Å². The molecule has 0 amide bonds. The molecule has 0 bridgehead atoms. The molecular formula is C16H17NO3S. The van der Waals surface area contributed by atoms with E-state index in [4.69, 9.17) is 0 Å². The maximum absolute atomic E-state index is 12.8. The molecule has 1 aromatic heterocycles. The van der Waals surface area contributed by atoms with E-state index in [0.29, 0.717) is 22.5 Å². The normalized spacial score (nSPS) is 11.0. The predicted octanol–water partition coefficient (Wildman–Crippen LogP) is 2.21. The summed E-state index contributed by atoms with van der Waals surface area (Å²) in [5.74, 6) is 5.61. The van der Waals surface area contributed by atoms with E-state index in [1.807, 2.05) is 0 Å². The summed E-state index contributed by atoms with van der Waals surface area (Å²) in [5.41, 5.74) is 2.30. The second-order valence-electron chi connectivity index (χ2n) is 4.74. The van der Waals surface area contributed by atoms with Crippen molar-refractivity contribution in [3.63, 3.8) is 0 Å². The summed E-state index contributed by atoms with van der Waals surface area (Å²) in [6, 6.07) is 8.26. The van der Waals surface area contributed by atoms with Crippen molar-refractivity contribution < 1.29 is 13.5 Å². The van der Waals surface area contributed by atoms with E-state index in [1.54, 1.807) is 45.0 Å². The van der Waals surface area contributed by atoms with Gasteiger partial charge in [0.05, 0.1) is 11.5 Å². The van der Waals surface area contributed by atoms with Crippen molar-refractivity contribution in [1.29, 1.82) is 0 Å². The molecule has 0 radical (unpaired) electrons. The largest absolute Gasteiger partial charge is 0.392 e. The lowest BCUT2D eigenvalue weighted by Gasteiger charge is -2.14. The lowest BCUT2D eigenvalue weighted by atomic mass is 10.1. The Labute approximate surface area is 125 Å². The Morgan fingerprint density at radius 1 is 1.14 bits per heavy atom. The maximum atomic E-state index is 12.8. The van der Waals surface area contributed by atoms with E-state index in [1.165, 1.54) is 10.0 Å². The van der Waals surface area contributed by atoms with E-state index >= 15 is 0 Å². The molecule has 0 aliphatic heterocycles. The van der Waals surface area contributed by atoms with Crippen LogP contribution in [0.3, 0.4) is 0 Å². The van der Waals surface area contributed by atoms with Crippen LogP contribution in [0, 0.1) is 25.7 Å².